The number of carboxylic acids is 1. The van der Waals surface area contributed by atoms with Gasteiger partial charge in [-0.05, 0) is 44.1 Å². The van der Waals surface area contributed by atoms with E-state index in [0.717, 1.165) is 5.56 Å². The van der Waals surface area contributed by atoms with Gasteiger partial charge in [-0.1, -0.05) is 30.3 Å². The minimum Gasteiger partial charge on any atom is -0.480 e. The number of amides is 4. The van der Waals surface area contributed by atoms with Crippen molar-refractivity contribution < 1.29 is 29.1 Å². The maximum absolute atomic E-state index is 13.3. The second kappa shape index (κ2) is 19.2. The number of carbonyl (C=O) groups is 5. The van der Waals surface area contributed by atoms with Crippen LogP contribution in [0, 0.1) is 0 Å². The third kappa shape index (κ3) is 15.6. The molecule has 0 aliphatic carbocycles. The van der Waals surface area contributed by atoms with Crippen LogP contribution in [0.5, 0.6) is 0 Å². The number of rotatable bonds is 20. The van der Waals surface area contributed by atoms with Crippen molar-refractivity contribution in [1.29, 1.82) is 0 Å². The van der Waals surface area contributed by atoms with Gasteiger partial charge in [0.05, 0.1) is 6.04 Å². The monoisotopic (exact) mass is 605 g/mol. The summed E-state index contributed by atoms with van der Waals surface area (Å²) in [5, 5.41) is 17.0. The number of guanidine groups is 2. The molecule has 4 amide bonds. The van der Waals surface area contributed by atoms with Crippen molar-refractivity contribution in [2.75, 3.05) is 13.1 Å². The third-order valence-corrected chi connectivity index (χ3v) is 6.09. The first kappa shape index (κ1) is 36.1. The largest absolute Gasteiger partial charge is 0.480 e. The number of hydrogen-bond donors (Lipinski definition) is 10. The van der Waals surface area contributed by atoms with Crippen molar-refractivity contribution in [1.82, 2.24) is 16.0 Å². The molecule has 0 aliphatic heterocycles. The number of aliphatic imine (C=N–C) groups is 2. The van der Waals surface area contributed by atoms with Gasteiger partial charge >= 0.3 is 5.97 Å². The molecule has 17 nitrogen and oxygen atoms in total. The molecule has 16 N–H and O–H groups in total. The van der Waals surface area contributed by atoms with Crippen LogP contribution in [0.4, 0.5) is 0 Å². The molecule has 0 fully saturated rings. The Morgan fingerprint density at radius 2 is 1.16 bits per heavy atom. The fraction of sp³-hybridized carbons (Fsp3) is 0.500. The molecule has 1 aromatic rings. The Balaban J connectivity index is 3.05. The van der Waals surface area contributed by atoms with E-state index in [9.17, 15) is 29.1 Å². The van der Waals surface area contributed by atoms with Gasteiger partial charge in [-0.25, -0.2) is 4.79 Å². The number of benzene rings is 1. The van der Waals surface area contributed by atoms with Crippen LogP contribution in [0.25, 0.3) is 0 Å². The van der Waals surface area contributed by atoms with E-state index in [-0.39, 0.29) is 70.0 Å². The third-order valence-electron chi connectivity index (χ3n) is 6.09. The standard InChI is InChI=1S/C26H43N11O6/c27-16(14-15-6-2-1-3-7-15)21(39)35-17(8-4-12-33-25(29)30)22(40)36-18(10-11-20(28)38)23(41)37-19(24(42)43)9-5-13-34-26(31)32/h1-3,6-7,16-19H,4-5,8-14,27H2,(H2,28,38)(H,35,39)(H,36,40)(H,37,41)(H,42,43)(H4,29,30,33)(H4,31,32,34). The highest BCUT2D eigenvalue weighted by Gasteiger charge is 2.30. The molecule has 238 valence electrons. The second-order valence-electron chi connectivity index (χ2n) is 9.72. The van der Waals surface area contributed by atoms with Gasteiger partial charge in [0.15, 0.2) is 11.9 Å². The van der Waals surface area contributed by atoms with E-state index in [4.69, 9.17) is 34.4 Å². The smallest absolute Gasteiger partial charge is 0.326 e. The zero-order valence-corrected chi connectivity index (χ0v) is 23.9. The summed E-state index contributed by atoms with van der Waals surface area (Å²) in [6.45, 7) is 0.293. The van der Waals surface area contributed by atoms with Gasteiger partial charge < -0.3 is 55.5 Å². The van der Waals surface area contributed by atoms with Gasteiger partial charge in [-0.2, -0.15) is 0 Å². The van der Waals surface area contributed by atoms with E-state index < -0.39 is 53.8 Å². The Kier molecular flexibility index (Phi) is 16.1. The average Bonchev–Trinajstić information content (AvgIpc) is 2.93. The quantitative estimate of drug-likeness (QED) is 0.0394. The highest BCUT2D eigenvalue weighted by atomic mass is 16.4. The molecule has 0 aliphatic rings. The molecule has 4 atom stereocenters. The van der Waals surface area contributed by atoms with E-state index in [0.29, 0.717) is 0 Å². The molecule has 0 saturated heterocycles. The van der Waals surface area contributed by atoms with Crippen LogP contribution in [0.2, 0.25) is 0 Å². The molecule has 0 radical (unpaired) electrons. The molecule has 1 rings (SSSR count). The van der Waals surface area contributed by atoms with Gasteiger partial charge in [-0.15, -0.1) is 0 Å². The van der Waals surface area contributed by atoms with Gasteiger partial charge in [0.1, 0.15) is 18.1 Å². The molecular weight excluding hydrogens is 562 g/mol. The first-order valence-corrected chi connectivity index (χ1v) is 13.6. The molecule has 0 saturated carbocycles. The Labute approximate surface area is 249 Å². The van der Waals surface area contributed by atoms with Crippen LogP contribution < -0.4 is 50.4 Å². The molecule has 0 heterocycles. The van der Waals surface area contributed by atoms with Gasteiger partial charge in [0.2, 0.25) is 23.6 Å². The van der Waals surface area contributed by atoms with Gasteiger partial charge in [0, 0.05) is 19.5 Å². The zero-order valence-electron chi connectivity index (χ0n) is 23.9. The predicted molar refractivity (Wildman–Crippen MR) is 160 cm³/mol. The highest BCUT2D eigenvalue weighted by molar-refractivity contribution is 5.94. The fourth-order valence-electron chi connectivity index (χ4n) is 3.87. The van der Waals surface area contributed by atoms with Crippen LogP contribution in [0.1, 0.15) is 44.1 Å². The van der Waals surface area contributed by atoms with E-state index in [1.807, 2.05) is 6.07 Å². The van der Waals surface area contributed by atoms with Gasteiger partial charge in [-0.3, -0.25) is 29.2 Å². The SMILES string of the molecule is NC(=O)CCC(NC(=O)C(CCCN=C(N)N)NC(=O)C(N)Cc1ccccc1)C(=O)NC(CCCN=C(N)N)C(=O)O. The lowest BCUT2D eigenvalue weighted by molar-refractivity contribution is -0.142. The Morgan fingerprint density at radius 3 is 1.65 bits per heavy atom. The number of carboxylic acid groups (broad SMARTS) is 1. The molecule has 0 aromatic heterocycles. The number of nitrogens with two attached hydrogens (primary N) is 6. The fourth-order valence-corrected chi connectivity index (χ4v) is 3.87. The van der Waals surface area contributed by atoms with Crippen molar-refractivity contribution >= 4 is 41.5 Å². The second-order valence-corrected chi connectivity index (χ2v) is 9.72. The van der Waals surface area contributed by atoms with Gasteiger partial charge in [0.25, 0.3) is 0 Å². The number of hydrogen-bond acceptors (Lipinski definition) is 8. The molecule has 4 unspecified atom stereocenters. The van der Waals surface area contributed by atoms with Crippen molar-refractivity contribution in [2.24, 2.45) is 44.4 Å². The summed E-state index contributed by atoms with van der Waals surface area (Å²) in [4.78, 5) is 70.2. The Bertz CT molecular complexity index is 1140. The molecule has 0 bridgehead atoms. The molecule has 1 aromatic carbocycles. The molecular formula is C26H43N11O6. The number of nitrogens with one attached hydrogen (secondary N) is 3. The van der Waals surface area contributed by atoms with E-state index in [2.05, 4.69) is 25.9 Å². The summed E-state index contributed by atoms with van der Waals surface area (Å²) in [7, 11) is 0. The molecule has 0 spiro atoms. The highest BCUT2D eigenvalue weighted by Crippen LogP contribution is 2.07. The zero-order chi connectivity index (χ0) is 32.4. The van der Waals surface area contributed by atoms with Crippen molar-refractivity contribution in [3.8, 4) is 0 Å². The van der Waals surface area contributed by atoms with Crippen LogP contribution in [0.3, 0.4) is 0 Å². The summed E-state index contributed by atoms with van der Waals surface area (Å²) in [6, 6.07) is 4.20. The maximum atomic E-state index is 13.3. The topological polar surface area (TPSA) is 323 Å². The Hall–Kier alpha value is -4.93. The summed E-state index contributed by atoms with van der Waals surface area (Å²) < 4.78 is 0. The maximum Gasteiger partial charge on any atom is 0.326 e. The minimum absolute atomic E-state index is 0.0168. The lowest BCUT2D eigenvalue weighted by atomic mass is 10.0. The summed E-state index contributed by atoms with van der Waals surface area (Å²) >= 11 is 0. The lowest BCUT2D eigenvalue weighted by Gasteiger charge is -2.25. The first-order valence-electron chi connectivity index (χ1n) is 13.6. The van der Waals surface area contributed by atoms with Crippen LogP contribution in [0.15, 0.2) is 40.3 Å². The normalized spacial score (nSPS) is 13.3. The number of carbonyl (C=O) groups excluding carboxylic acids is 4. The number of primary amides is 1. The first-order chi connectivity index (χ1) is 20.3. The average molecular weight is 606 g/mol. The van der Waals surface area contributed by atoms with E-state index >= 15 is 0 Å². The summed E-state index contributed by atoms with van der Waals surface area (Å²) in [5.41, 5.74) is 33.4. The summed E-state index contributed by atoms with van der Waals surface area (Å²) in [6.07, 6.45) is 0.258. The predicted octanol–water partition coefficient (Wildman–Crippen LogP) is -3.53. The van der Waals surface area contributed by atoms with Crippen molar-refractivity contribution in [3.05, 3.63) is 35.9 Å². The molecule has 43 heavy (non-hydrogen) atoms. The van der Waals surface area contributed by atoms with E-state index in [1.54, 1.807) is 24.3 Å². The Morgan fingerprint density at radius 1 is 0.698 bits per heavy atom. The lowest BCUT2D eigenvalue weighted by Crippen LogP contribution is -2.57. The summed E-state index contributed by atoms with van der Waals surface area (Å²) in [5.74, 6) is -4.63. The molecule has 17 heteroatoms. The number of aliphatic carboxylic acids is 1. The van der Waals surface area contributed by atoms with Crippen molar-refractivity contribution in [3.63, 3.8) is 0 Å². The number of nitrogens with zero attached hydrogens (tertiary/aromatic N) is 2. The van der Waals surface area contributed by atoms with Crippen LogP contribution in [-0.2, 0) is 30.4 Å². The van der Waals surface area contributed by atoms with Crippen LogP contribution >= 0.6 is 0 Å². The van der Waals surface area contributed by atoms with Crippen LogP contribution in [-0.4, -0.2) is 83.9 Å². The minimum atomic E-state index is -1.35. The van der Waals surface area contributed by atoms with Crippen molar-refractivity contribution in [2.45, 2.75) is 69.1 Å². The van der Waals surface area contributed by atoms with E-state index in [1.165, 1.54) is 0 Å².